The van der Waals surface area contributed by atoms with Gasteiger partial charge in [0, 0.05) is 13.1 Å². The van der Waals surface area contributed by atoms with Gasteiger partial charge in [-0.2, -0.15) is 5.10 Å². The number of nitrogens with one attached hydrogen (secondary N) is 1. The van der Waals surface area contributed by atoms with Crippen LogP contribution in [0.2, 0.25) is 0 Å². The molecule has 1 aromatic heterocycles. The smallest absolute Gasteiger partial charge is 0.148 e. The maximum absolute atomic E-state index is 3.96. The second kappa shape index (κ2) is 4.77. The summed E-state index contributed by atoms with van der Waals surface area (Å²) in [7, 11) is 4.09. The lowest BCUT2D eigenvalue weighted by Crippen LogP contribution is -2.21. The monoisotopic (exact) mass is 180 g/mol. The summed E-state index contributed by atoms with van der Waals surface area (Å²) < 4.78 is 0. The highest BCUT2D eigenvalue weighted by Crippen LogP contribution is 2.01. The normalized spacial score (nSPS) is 10.5. The summed E-state index contributed by atoms with van der Waals surface area (Å²) in [5, 5.41) is 11.0. The van der Waals surface area contributed by atoms with Crippen LogP contribution in [-0.2, 0) is 0 Å². The average Bonchev–Trinajstić information content (AvgIpc) is 2.03. The molecular weight excluding hydrogens is 164 g/mol. The van der Waals surface area contributed by atoms with Gasteiger partial charge in [-0.1, -0.05) is 0 Å². The first kappa shape index (κ1) is 9.92. The number of rotatable bonds is 4. The van der Waals surface area contributed by atoms with Crippen LogP contribution in [0, 0.1) is 6.92 Å². The van der Waals surface area contributed by atoms with Crippen LogP contribution in [0.5, 0.6) is 0 Å². The van der Waals surface area contributed by atoms with Crippen molar-refractivity contribution in [2.75, 3.05) is 32.5 Å². The molecule has 0 aliphatic rings. The van der Waals surface area contributed by atoms with E-state index in [1.54, 1.807) is 6.20 Å². The van der Waals surface area contributed by atoms with Gasteiger partial charge in [0.05, 0.1) is 6.20 Å². The largest absolute Gasteiger partial charge is 0.367 e. The number of hydrogen-bond donors (Lipinski definition) is 1. The van der Waals surface area contributed by atoms with E-state index in [0.717, 1.165) is 24.5 Å². The Morgan fingerprint density at radius 2 is 2.23 bits per heavy atom. The quantitative estimate of drug-likeness (QED) is 0.742. The van der Waals surface area contributed by atoms with Crippen LogP contribution in [0.3, 0.4) is 0 Å². The van der Waals surface area contributed by atoms with Crippen molar-refractivity contribution >= 4 is 5.82 Å². The molecule has 0 bridgehead atoms. The van der Waals surface area contributed by atoms with E-state index < -0.39 is 0 Å². The summed E-state index contributed by atoms with van der Waals surface area (Å²) in [5.41, 5.74) is 1.13. The fourth-order valence-corrected chi connectivity index (χ4v) is 0.958. The number of hydrogen-bond acceptors (Lipinski definition) is 4. The number of aromatic nitrogens is 2. The van der Waals surface area contributed by atoms with Crippen molar-refractivity contribution in [2.24, 2.45) is 0 Å². The SMILES string of the molecule is Cc1cnnc(NCCN(C)C)c1. The highest BCUT2D eigenvalue weighted by molar-refractivity contribution is 5.34. The van der Waals surface area contributed by atoms with Gasteiger partial charge >= 0.3 is 0 Å². The summed E-state index contributed by atoms with van der Waals surface area (Å²) >= 11 is 0. The molecule has 0 fully saturated rings. The van der Waals surface area contributed by atoms with Gasteiger partial charge in [-0.05, 0) is 32.6 Å². The van der Waals surface area contributed by atoms with Crippen molar-refractivity contribution in [3.05, 3.63) is 17.8 Å². The number of likely N-dealkylation sites (N-methyl/N-ethyl adjacent to an activating group) is 1. The van der Waals surface area contributed by atoms with Crippen LogP contribution in [0.15, 0.2) is 12.3 Å². The molecule has 13 heavy (non-hydrogen) atoms. The van der Waals surface area contributed by atoms with E-state index in [0.29, 0.717) is 0 Å². The molecule has 1 rings (SSSR count). The zero-order chi connectivity index (χ0) is 9.68. The summed E-state index contributed by atoms with van der Waals surface area (Å²) in [6, 6.07) is 1.99. The molecule has 4 nitrogen and oxygen atoms in total. The highest BCUT2D eigenvalue weighted by Gasteiger charge is 1.94. The van der Waals surface area contributed by atoms with Crippen LogP contribution in [0.25, 0.3) is 0 Å². The first-order valence-electron chi connectivity index (χ1n) is 4.36. The van der Waals surface area contributed by atoms with Crippen molar-refractivity contribution in [3.63, 3.8) is 0 Å². The highest BCUT2D eigenvalue weighted by atomic mass is 15.2. The maximum Gasteiger partial charge on any atom is 0.148 e. The molecule has 1 aromatic rings. The lowest BCUT2D eigenvalue weighted by atomic mass is 10.3. The molecule has 1 heterocycles. The van der Waals surface area contributed by atoms with Gasteiger partial charge in [0.1, 0.15) is 5.82 Å². The Kier molecular flexibility index (Phi) is 3.64. The van der Waals surface area contributed by atoms with Crippen LogP contribution in [0.4, 0.5) is 5.82 Å². The lowest BCUT2D eigenvalue weighted by molar-refractivity contribution is 0.425. The zero-order valence-electron chi connectivity index (χ0n) is 8.41. The minimum absolute atomic E-state index is 0.849. The Balaban J connectivity index is 2.37. The maximum atomic E-state index is 3.96. The summed E-state index contributed by atoms with van der Waals surface area (Å²) in [5.74, 6) is 0.849. The number of aryl methyl sites for hydroxylation is 1. The molecule has 4 heteroatoms. The fraction of sp³-hybridized carbons (Fsp3) is 0.556. The van der Waals surface area contributed by atoms with Crippen LogP contribution >= 0.6 is 0 Å². The summed E-state index contributed by atoms with van der Waals surface area (Å²) in [6.07, 6.45) is 1.75. The molecule has 0 spiro atoms. The van der Waals surface area contributed by atoms with E-state index in [1.165, 1.54) is 0 Å². The van der Waals surface area contributed by atoms with E-state index in [2.05, 4.69) is 20.4 Å². The molecule has 0 unspecified atom stereocenters. The van der Waals surface area contributed by atoms with Gasteiger partial charge in [-0.3, -0.25) is 0 Å². The summed E-state index contributed by atoms with van der Waals surface area (Å²) in [4.78, 5) is 2.12. The van der Waals surface area contributed by atoms with Gasteiger partial charge < -0.3 is 10.2 Å². The zero-order valence-corrected chi connectivity index (χ0v) is 8.41. The van der Waals surface area contributed by atoms with E-state index in [9.17, 15) is 0 Å². The van der Waals surface area contributed by atoms with Crippen molar-refractivity contribution < 1.29 is 0 Å². The Labute approximate surface area is 79.0 Å². The molecule has 0 atom stereocenters. The topological polar surface area (TPSA) is 41.1 Å². The van der Waals surface area contributed by atoms with E-state index in [1.807, 2.05) is 27.1 Å². The molecule has 72 valence electrons. The van der Waals surface area contributed by atoms with E-state index in [-0.39, 0.29) is 0 Å². The second-order valence-electron chi connectivity index (χ2n) is 3.35. The molecule has 0 radical (unpaired) electrons. The standard InChI is InChI=1S/C9H16N4/c1-8-6-9(12-11-7-8)10-4-5-13(2)3/h6-7H,4-5H2,1-3H3,(H,10,12). The van der Waals surface area contributed by atoms with Crippen LogP contribution in [-0.4, -0.2) is 42.3 Å². The van der Waals surface area contributed by atoms with Crippen LogP contribution in [0.1, 0.15) is 5.56 Å². The third-order valence-electron chi connectivity index (χ3n) is 1.66. The molecule has 1 N–H and O–H groups in total. The van der Waals surface area contributed by atoms with Gasteiger partial charge in [0.2, 0.25) is 0 Å². The third kappa shape index (κ3) is 3.85. The van der Waals surface area contributed by atoms with Crippen molar-refractivity contribution in [1.29, 1.82) is 0 Å². The van der Waals surface area contributed by atoms with Crippen LogP contribution < -0.4 is 5.32 Å². The van der Waals surface area contributed by atoms with Gasteiger partial charge in [0.25, 0.3) is 0 Å². The molecule has 0 saturated heterocycles. The number of anilines is 1. The fourth-order valence-electron chi connectivity index (χ4n) is 0.958. The lowest BCUT2D eigenvalue weighted by Gasteiger charge is -2.10. The Hall–Kier alpha value is -1.16. The van der Waals surface area contributed by atoms with Gasteiger partial charge in [0.15, 0.2) is 0 Å². The van der Waals surface area contributed by atoms with Crippen molar-refractivity contribution in [1.82, 2.24) is 15.1 Å². The number of nitrogens with zero attached hydrogens (tertiary/aromatic N) is 3. The molecule has 0 amide bonds. The molecule has 0 aliphatic carbocycles. The van der Waals surface area contributed by atoms with E-state index in [4.69, 9.17) is 0 Å². The molecule has 0 saturated carbocycles. The molecule has 0 aliphatic heterocycles. The predicted molar refractivity (Wildman–Crippen MR) is 53.8 cm³/mol. The van der Waals surface area contributed by atoms with E-state index >= 15 is 0 Å². The Bertz CT molecular complexity index is 260. The first-order valence-corrected chi connectivity index (χ1v) is 4.36. The summed E-state index contributed by atoms with van der Waals surface area (Å²) in [6.45, 7) is 3.90. The molecule has 0 aromatic carbocycles. The Morgan fingerprint density at radius 1 is 1.46 bits per heavy atom. The van der Waals surface area contributed by atoms with Gasteiger partial charge in [-0.25, -0.2) is 0 Å². The Morgan fingerprint density at radius 3 is 2.85 bits per heavy atom. The van der Waals surface area contributed by atoms with Crippen molar-refractivity contribution in [2.45, 2.75) is 6.92 Å². The minimum Gasteiger partial charge on any atom is -0.367 e. The van der Waals surface area contributed by atoms with Gasteiger partial charge in [-0.15, -0.1) is 5.10 Å². The average molecular weight is 180 g/mol. The predicted octanol–water partition coefficient (Wildman–Crippen LogP) is 0.759. The molecular formula is C9H16N4. The third-order valence-corrected chi connectivity index (χ3v) is 1.66. The second-order valence-corrected chi connectivity index (χ2v) is 3.35. The van der Waals surface area contributed by atoms with Crippen molar-refractivity contribution in [3.8, 4) is 0 Å². The first-order chi connectivity index (χ1) is 6.18. The minimum atomic E-state index is 0.849.